The SMILES string of the molecule is c1ccc(-c2ccc(N(c3ccccc3-c3ccc4c5ccccc5c5c(ccc6oc7ccccc7c65)c4c3)c3cccc4c3oc3ccccc34)cc2)cc1. The van der Waals surface area contributed by atoms with Crippen LogP contribution in [0.15, 0.2) is 209 Å². The van der Waals surface area contributed by atoms with Gasteiger partial charge in [-0.2, -0.15) is 0 Å². The van der Waals surface area contributed by atoms with Crippen LogP contribution in [-0.4, -0.2) is 0 Å². The summed E-state index contributed by atoms with van der Waals surface area (Å²) in [7, 11) is 0. The Labute approximate surface area is 328 Å². The van der Waals surface area contributed by atoms with Crippen LogP contribution in [0.25, 0.3) is 98.4 Å². The fourth-order valence-electron chi connectivity index (χ4n) is 9.09. The predicted molar refractivity (Wildman–Crippen MR) is 239 cm³/mol. The summed E-state index contributed by atoms with van der Waals surface area (Å²) >= 11 is 0. The molecular weight excluding hydrogens is 695 g/mol. The van der Waals surface area contributed by atoms with E-state index in [9.17, 15) is 0 Å². The van der Waals surface area contributed by atoms with Gasteiger partial charge in [0.2, 0.25) is 0 Å². The van der Waals surface area contributed by atoms with Gasteiger partial charge in [-0.05, 0) is 98.2 Å². The van der Waals surface area contributed by atoms with Gasteiger partial charge in [-0.25, -0.2) is 0 Å². The minimum atomic E-state index is 0.855. The lowest BCUT2D eigenvalue weighted by molar-refractivity contribution is 0.669. The monoisotopic (exact) mass is 727 g/mol. The van der Waals surface area contributed by atoms with Crippen molar-refractivity contribution in [3.05, 3.63) is 200 Å². The Morgan fingerprint density at radius 1 is 0.298 bits per heavy atom. The largest absolute Gasteiger partial charge is 0.456 e. The molecule has 10 aromatic carbocycles. The van der Waals surface area contributed by atoms with Crippen LogP contribution in [0.2, 0.25) is 0 Å². The molecule has 2 heterocycles. The van der Waals surface area contributed by atoms with Crippen molar-refractivity contribution in [2.45, 2.75) is 0 Å². The lowest BCUT2D eigenvalue weighted by atomic mass is 9.90. The molecule has 0 radical (unpaired) electrons. The third-order valence-corrected chi connectivity index (χ3v) is 11.7. The van der Waals surface area contributed by atoms with Crippen molar-refractivity contribution in [2.75, 3.05) is 4.90 Å². The first-order valence-corrected chi connectivity index (χ1v) is 19.4. The second-order valence-corrected chi connectivity index (χ2v) is 14.8. The molecule has 266 valence electrons. The third kappa shape index (κ3) is 4.86. The highest BCUT2D eigenvalue weighted by Gasteiger charge is 2.23. The lowest BCUT2D eigenvalue weighted by Gasteiger charge is -2.28. The highest BCUT2D eigenvalue weighted by molar-refractivity contribution is 6.34. The van der Waals surface area contributed by atoms with Crippen LogP contribution in [0.4, 0.5) is 17.1 Å². The number of furan rings is 2. The van der Waals surface area contributed by atoms with Crippen LogP contribution < -0.4 is 4.90 Å². The molecule has 3 nitrogen and oxygen atoms in total. The first-order valence-electron chi connectivity index (χ1n) is 19.4. The highest BCUT2D eigenvalue weighted by Crippen LogP contribution is 2.48. The molecule has 0 fully saturated rings. The predicted octanol–water partition coefficient (Wildman–Crippen LogP) is 15.7. The number of nitrogens with zero attached hydrogens (tertiary/aromatic N) is 1. The number of anilines is 3. The first-order chi connectivity index (χ1) is 28.3. The van der Waals surface area contributed by atoms with Crippen molar-refractivity contribution >= 4 is 93.3 Å². The van der Waals surface area contributed by atoms with Gasteiger partial charge in [-0.1, -0.05) is 146 Å². The van der Waals surface area contributed by atoms with E-state index in [-0.39, 0.29) is 0 Å². The van der Waals surface area contributed by atoms with E-state index in [0.29, 0.717) is 0 Å². The summed E-state index contributed by atoms with van der Waals surface area (Å²) in [5.74, 6) is 0. The van der Waals surface area contributed by atoms with E-state index in [2.05, 4.69) is 193 Å². The standard InChI is InChI=1S/C54H33NO2/c1-2-13-34(14-3-1)35-25-28-37(29-26-35)55(48-22-12-20-44-41-17-7-10-23-49(41)57-54(44)48)47-21-9-6-15-38(47)36-27-30-40-39-16-4-5-18-42(39)52-43(46(40)33-36)31-32-51-53(52)45-19-8-11-24-50(45)56-51/h1-33H. The first kappa shape index (κ1) is 31.7. The van der Waals surface area contributed by atoms with Gasteiger partial charge in [0, 0.05) is 38.2 Å². The number of hydrogen-bond acceptors (Lipinski definition) is 3. The average Bonchev–Trinajstić information content (AvgIpc) is 3.86. The maximum absolute atomic E-state index is 6.70. The maximum Gasteiger partial charge on any atom is 0.159 e. The van der Waals surface area contributed by atoms with Crippen LogP contribution in [0.1, 0.15) is 0 Å². The van der Waals surface area contributed by atoms with E-state index in [4.69, 9.17) is 8.83 Å². The Morgan fingerprint density at radius 2 is 0.877 bits per heavy atom. The molecule has 0 aliphatic rings. The molecule has 12 rings (SSSR count). The van der Waals surface area contributed by atoms with Crippen molar-refractivity contribution in [1.82, 2.24) is 0 Å². The fourth-order valence-corrected chi connectivity index (χ4v) is 9.09. The van der Waals surface area contributed by atoms with Gasteiger partial charge in [-0.3, -0.25) is 0 Å². The quantitative estimate of drug-likeness (QED) is 0.165. The van der Waals surface area contributed by atoms with Crippen LogP contribution in [0, 0.1) is 0 Å². The van der Waals surface area contributed by atoms with Crippen molar-refractivity contribution in [3.8, 4) is 22.3 Å². The van der Waals surface area contributed by atoms with E-state index in [1.54, 1.807) is 0 Å². The zero-order valence-corrected chi connectivity index (χ0v) is 30.8. The number of fused-ring (bicyclic) bond motifs is 13. The number of para-hydroxylation sites is 4. The van der Waals surface area contributed by atoms with Gasteiger partial charge in [-0.15, -0.1) is 0 Å². The van der Waals surface area contributed by atoms with Crippen molar-refractivity contribution in [1.29, 1.82) is 0 Å². The normalized spacial score (nSPS) is 11.9. The molecule has 0 saturated carbocycles. The smallest absolute Gasteiger partial charge is 0.159 e. The molecule has 57 heavy (non-hydrogen) atoms. The second kappa shape index (κ2) is 12.5. The summed E-state index contributed by atoms with van der Waals surface area (Å²) in [6.07, 6.45) is 0. The minimum absolute atomic E-state index is 0.855. The molecule has 0 aliphatic carbocycles. The molecule has 12 aromatic rings. The average molecular weight is 728 g/mol. The topological polar surface area (TPSA) is 29.5 Å². The fraction of sp³-hybridized carbons (Fsp3) is 0. The summed E-state index contributed by atoms with van der Waals surface area (Å²) in [4.78, 5) is 2.36. The van der Waals surface area contributed by atoms with Gasteiger partial charge in [0.1, 0.15) is 16.7 Å². The van der Waals surface area contributed by atoms with Gasteiger partial charge >= 0.3 is 0 Å². The summed E-state index contributed by atoms with van der Waals surface area (Å²) in [5.41, 5.74) is 11.2. The number of benzene rings is 10. The third-order valence-electron chi connectivity index (χ3n) is 11.7. The molecule has 0 unspecified atom stereocenters. The summed E-state index contributed by atoms with van der Waals surface area (Å²) in [6, 6.07) is 71.5. The molecular formula is C54H33NO2. The van der Waals surface area contributed by atoms with Crippen molar-refractivity contribution < 1.29 is 8.83 Å². The van der Waals surface area contributed by atoms with E-state index in [0.717, 1.165) is 72.1 Å². The Hall–Kier alpha value is -7.62. The van der Waals surface area contributed by atoms with Crippen molar-refractivity contribution in [2.24, 2.45) is 0 Å². The zero-order valence-electron chi connectivity index (χ0n) is 30.8. The maximum atomic E-state index is 6.70. The van der Waals surface area contributed by atoms with Crippen LogP contribution in [0.5, 0.6) is 0 Å². The molecule has 2 aromatic heterocycles. The summed E-state index contributed by atoms with van der Waals surface area (Å²) in [5, 5.41) is 11.8. The van der Waals surface area contributed by atoms with E-state index in [1.165, 1.54) is 43.4 Å². The molecule has 0 saturated heterocycles. The van der Waals surface area contributed by atoms with E-state index in [1.807, 2.05) is 12.1 Å². The summed E-state index contributed by atoms with van der Waals surface area (Å²) < 4.78 is 13.1. The Kier molecular flexibility index (Phi) is 6.93. The van der Waals surface area contributed by atoms with E-state index >= 15 is 0 Å². The molecule has 0 aliphatic heterocycles. The Morgan fingerprint density at radius 3 is 1.72 bits per heavy atom. The highest BCUT2D eigenvalue weighted by atomic mass is 16.3. The summed E-state index contributed by atoms with van der Waals surface area (Å²) in [6.45, 7) is 0. The van der Waals surface area contributed by atoms with Crippen LogP contribution >= 0.6 is 0 Å². The van der Waals surface area contributed by atoms with E-state index < -0.39 is 0 Å². The van der Waals surface area contributed by atoms with Gasteiger partial charge < -0.3 is 13.7 Å². The molecule has 0 atom stereocenters. The Balaban J connectivity index is 1.12. The lowest BCUT2D eigenvalue weighted by Crippen LogP contribution is -2.11. The molecule has 0 spiro atoms. The molecule has 0 N–H and O–H groups in total. The second-order valence-electron chi connectivity index (χ2n) is 14.8. The Bertz CT molecular complexity index is 3520. The molecule has 0 amide bonds. The zero-order chi connectivity index (χ0) is 37.5. The van der Waals surface area contributed by atoms with Crippen LogP contribution in [0.3, 0.4) is 0 Å². The van der Waals surface area contributed by atoms with Gasteiger partial charge in [0.25, 0.3) is 0 Å². The molecule has 0 bridgehead atoms. The number of rotatable bonds is 5. The minimum Gasteiger partial charge on any atom is -0.456 e. The van der Waals surface area contributed by atoms with Crippen molar-refractivity contribution in [3.63, 3.8) is 0 Å². The van der Waals surface area contributed by atoms with Gasteiger partial charge in [0.05, 0.1) is 11.4 Å². The molecule has 3 heteroatoms. The van der Waals surface area contributed by atoms with Gasteiger partial charge in [0.15, 0.2) is 5.58 Å². The number of hydrogen-bond donors (Lipinski definition) is 0. The van der Waals surface area contributed by atoms with Crippen LogP contribution in [-0.2, 0) is 0 Å².